The molecular formula is C16H15ClINO3S. The zero-order chi connectivity index (χ0) is 16.9. The van der Waals surface area contributed by atoms with Gasteiger partial charge in [0.05, 0.1) is 16.8 Å². The minimum absolute atomic E-state index is 0.123. The van der Waals surface area contributed by atoms with E-state index in [1.807, 2.05) is 30.3 Å². The van der Waals surface area contributed by atoms with Crippen molar-refractivity contribution in [1.29, 1.82) is 0 Å². The maximum atomic E-state index is 12.5. The molecule has 2 rings (SSSR count). The molecule has 1 N–H and O–H groups in total. The van der Waals surface area contributed by atoms with E-state index in [0.717, 1.165) is 9.13 Å². The van der Waals surface area contributed by atoms with E-state index in [-0.39, 0.29) is 23.0 Å². The molecule has 0 saturated heterocycles. The van der Waals surface area contributed by atoms with Gasteiger partial charge in [-0.15, -0.1) is 11.6 Å². The molecule has 0 aliphatic carbocycles. The van der Waals surface area contributed by atoms with Crippen molar-refractivity contribution in [2.24, 2.45) is 0 Å². The lowest BCUT2D eigenvalue weighted by Gasteiger charge is -2.17. The van der Waals surface area contributed by atoms with Crippen LogP contribution in [0.2, 0.25) is 0 Å². The van der Waals surface area contributed by atoms with E-state index in [1.54, 1.807) is 12.1 Å². The third-order valence-corrected chi connectivity index (χ3v) is 5.69. The number of sulfonamides is 1. The van der Waals surface area contributed by atoms with Crippen LogP contribution in [0.3, 0.4) is 0 Å². The second-order valence-corrected chi connectivity index (χ2v) is 8.14. The number of Topliss-reactive ketones (excluding diaryl/α,β-unsaturated/α-hetero) is 1. The van der Waals surface area contributed by atoms with Crippen LogP contribution in [0.25, 0.3) is 0 Å². The summed E-state index contributed by atoms with van der Waals surface area (Å²) >= 11 is 7.72. The monoisotopic (exact) mass is 463 g/mol. The van der Waals surface area contributed by atoms with E-state index in [4.69, 9.17) is 11.6 Å². The van der Waals surface area contributed by atoms with E-state index < -0.39 is 16.1 Å². The fourth-order valence-electron chi connectivity index (χ4n) is 2.03. The first-order chi connectivity index (χ1) is 10.9. The third-order valence-electron chi connectivity index (χ3n) is 3.22. The Labute approximate surface area is 154 Å². The number of benzene rings is 2. The summed E-state index contributed by atoms with van der Waals surface area (Å²) in [6, 6.07) is 14.7. The Morgan fingerprint density at radius 2 is 1.70 bits per heavy atom. The van der Waals surface area contributed by atoms with Gasteiger partial charge in [-0.1, -0.05) is 30.3 Å². The Bertz CT molecular complexity index is 764. The van der Waals surface area contributed by atoms with E-state index in [2.05, 4.69) is 27.3 Å². The molecule has 1 unspecified atom stereocenters. The highest BCUT2D eigenvalue weighted by atomic mass is 127. The van der Waals surface area contributed by atoms with Crippen molar-refractivity contribution in [2.75, 3.05) is 5.88 Å². The summed E-state index contributed by atoms with van der Waals surface area (Å²) in [6.45, 7) is 0. The van der Waals surface area contributed by atoms with Crippen LogP contribution in [-0.4, -0.2) is 26.1 Å². The van der Waals surface area contributed by atoms with Crippen molar-refractivity contribution in [2.45, 2.75) is 17.4 Å². The van der Waals surface area contributed by atoms with Gasteiger partial charge in [-0.3, -0.25) is 4.79 Å². The number of carbonyl (C=O) groups excluding carboxylic acids is 1. The molecule has 0 fully saturated rings. The molecule has 0 spiro atoms. The van der Waals surface area contributed by atoms with Gasteiger partial charge in [-0.25, -0.2) is 13.1 Å². The minimum atomic E-state index is -3.78. The third kappa shape index (κ3) is 5.27. The predicted molar refractivity (Wildman–Crippen MR) is 99.1 cm³/mol. The lowest BCUT2D eigenvalue weighted by atomic mass is 10.0. The lowest BCUT2D eigenvalue weighted by molar-refractivity contribution is -0.118. The zero-order valence-electron chi connectivity index (χ0n) is 12.1. The van der Waals surface area contributed by atoms with Crippen molar-refractivity contribution in [3.8, 4) is 0 Å². The molecule has 0 amide bonds. The molecule has 2 aromatic rings. The highest BCUT2D eigenvalue weighted by molar-refractivity contribution is 14.1. The average Bonchev–Trinajstić information content (AvgIpc) is 2.54. The van der Waals surface area contributed by atoms with Gasteiger partial charge in [0, 0.05) is 3.57 Å². The van der Waals surface area contributed by atoms with Gasteiger partial charge in [0.25, 0.3) is 0 Å². The summed E-state index contributed by atoms with van der Waals surface area (Å²) in [5.74, 6) is -0.600. The fourth-order valence-corrected chi connectivity index (χ4v) is 3.80. The molecule has 4 nitrogen and oxygen atoms in total. The van der Waals surface area contributed by atoms with Gasteiger partial charge in [0.1, 0.15) is 0 Å². The largest absolute Gasteiger partial charge is 0.297 e. The zero-order valence-corrected chi connectivity index (χ0v) is 15.8. The molecule has 0 aliphatic heterocycles. The predicted octanol–water partition coefficient (Wildman–Crippen LogP) is 2.99. The topological polar surface area (TPSA) is 63.2 Å². The Kier molecular flexibility index (Phi) is 6.58. The number of ketones is 1. The molecule has 0 aromatic heterocycles. The molecule has 1 atom stereocenters. The van der Waals surface area contributed by atoms with Crippen LogP contribution in [-0.2, 0) is 21.2 Å². The lowest BCUT2D eigenvalue weighted by Crippen LogP contribution is -2.43. The van der Waals surface area contributed by atoms with Crippen LogP contribution in [0.1, 0.15) is 5.56 Å². The maximum Gasteiger partial charge on any atom is 0.241 e. The molecule has 0 saturated carbocycles. The van der Waals surface area contributed by atoms with E-state index in [1.165, 1.54) is 12.1 Å². The molecule has 0 heterocycles. The van der Waals surface area contributed by atoms with E-state index in [0.29, 0.717) is 0 Å². The van der Waals surface area contributed by atoms with Crippen molar-refractivity contribution < 1.29 is 13.2 Å². The number of nitrogens with one attached hydrogen (secondary N) is 1. The molecule has 122 valence electrons. The summed E-state index contributed by atoms with van der Waals surface area (Å²) in [6.07, 6.45) is 0.260. The molecular weight excluding hydrogens is 449 g/mol. The second kappa shape index (κ2) is 8.23. The van der Waals surface area contributed by atoms with Crippen LogP contribution in [0.5, 0.6) is 0 Å². The molecule has 0 bridgehead atoms. The van der Waals surface area contributed by atoms with Crippen LogP contribution in [0, 0.1) is 3.57 Å². The number of carbonyl (C=O) groups is 1. The van der Waals surface area contributed by atoms with Crippen molar-refractivity contribution in [3.05, 3.63) is 63.7 Å². The van der Waals surface area contributed by atoms with Crippen LogP contribution in [0.4, 0.5) is 0 Å². The first kappa shape index (κ1) is 18.4. The van der Waals surface area contributed by atoms with Gasteiger partial charge in [-0.2, -0.15) is 0 Å². The fraction of sp³-hybridized carbons (Fsp3) is 0.188. The molecule has 0 radical (unpaired) electrons. The second-order valence-electron chi connectivity index (χ2n) is 4.92. The van der Waals surface area contributed by atoms with Gasteiger partial charge in [0.2, 0.25) is 10.0 Å². The number of hydrogen-bond acceptors (Lipinski definition) is 3. The SMILES string of the molecule is O=C(CCl)C(Cc1ccccc1)NS(=O)(=O)c1ccc(I)cc1. The summed E-state index contributed by atoms with van der Waals surface area (Å²) < 4.78 is 28.3. The number of alkyl halides is 1. The van der Waals surface area contributed by atoms with Crippen molar-refractivity contribution in [1.82, 2.24) is 4.72 Å². The first-order valence-corrected chi connectivity index (χ1v) is 9.92. The molecule has 23 heavy (non-hydrogen) atoms. The Hall–Kier alpha value is -0.960. The van der Waals surface area contributed by atoms with Gasteiger partial charge in [-0.05, 0) is 58.8 Å². The normalized spacial score (nSPS) is 12.8. The van der Waals surface area contributed by atoms with Crippen LogP contribution in [0.15, 0.2) is 59.5 Å². The van der Waals surface area contributed by atoms with Crippen molar-refractivity contribution in [3.63, 3.8) is 0 Å². The number of halogens is 2. The number of hydrogen-bond donors (Lipinski definition) is 1. The summed E-state index contributed by atoms with van der Waals surface area (Å²) in [5.41, 5.74) is 0.862. The van der Waals surface area contributed by atoms with Gasteiger partial charge >= 0.3 is 0 Å². The Morgan fingerprint density at radius 1 is 1.09 bits per heavy atom. The summed E-state index contributed by atoms with van der Waals surface area (Å²) in [4.78, 5) is 12.1. The Balaban J connectivity index is 2.23. The summed E-state index contributed by atoms with van der Waals surface area (Å²) in [7, 11) is -3.78. The standard InChI is InChI=1S/C16H15ClINO3S/c17-11-16(20)15(10-12-4-2-1-3-5-12)19-23(21,22)14-8-6-13(18)7-9-14/h1-9,15,19H,10-11H2. The van der Waals surface area contributed by atoms with Gasteiger partial charge in [0.15, 0.2) is 5.78 Å². The van der Waals surface area contributed by atoms with Crippen molar-refractivity contribution >= 4 is 50.0 Å². The van der Waals surface area contributed by atoms with E-state index in [9.17, 15) is 13.2 Å². The molecule has 2 aromatic carbocycles. The van der Waals surface area contributed by atoms with Crippen LogP contribution < -0.4 is 4.72 Å². The first-order valence-electron chi connectivity index (χ1n) is 6.83. The quantitative estimate of drug-likeness (QED) is 0.507. The maximum absolute atomic E-state index is 12.5. The van der Waals surface area contributed by atoms with E-state index >= 15 is 0 Å². The molecule has 7 heteroatoms. The minimum Gasteiger partial charge on any atom is -0.297 e. The average molecular weight is 464 g/mol. The summed E-state index contributed by atoms with van der Waals surface area (Å²) in [5, 5.41) is 0. The number of rotatable bonds is 7. The Morgan fingerprint density at radius 3 is 2.26 bits per heavy atom. The molecule has 0 aliphatic rings. The highest BCUT2D eigenvalue weighted by Crippen LogP contribution is 2.14. The highest BCUT2D eigenvalue weighted by Gasteiger charge is 2.25. The smallest absolute Gasteiger partial charge is 0.241 e. The van der Waals surface area contributed by atoms with Crippen LogP contribution >= 0.6 is 34.2 Å². The van der Waals surface area contributed by atoms with Gasteiger partial charge < -0.3 is 0 Å².